The van der Waals surface area contributed by atoms with Gasteiger partial charge in [0.15, 0.2) is 0 Å². The molecule has 0 aromatic rings. The van der Waals surface area contributed by atoms with Gasteiger partial charge in [-0.05, 0) is 37.3 Å². The lowest BCUT2D eigenvalue weighted by atomic mass is 9.85. The average molecular weight is 244 g/mol. The lowest BCUT2D eigenvalue weighted by Crippen LogP contribution is -2.31. The van der Waals surface area contributed by atoms with E-state index in [2.05, 4.69) is 4.90 Å². The molecule has 4 heteroatoms. The van der Waals surface area contributed by atoms with Crippen LogP contribution in [0.25, 0.3) is 0 Å². The molecule has 1 amide bonds. The molecule has 0 aromatic carbocycles. The SMILES string of the molecule is O=C(O)N1C=CC2C(=C1)C1=C3C(CCC1)CCN32. The molecule has 4 aliphatic rings. The molecule has 94 valence electrons. The second kappa shape index (κ2) is 3.40. The number of carbonyl (C=O) groups is 1. The van der Waals surface area contributed by atoms with Crippen molar-refractivity contribution in [2.75, 3.05) is 6.54 Å². The predicted molar refractivity (Wildman–Crippen MR) is 66.6 cm³/mol. The monoisotopic (exact) mass is 244 g/mol. The summed E-state index contributed by atoms with van der Waals surface area (Å²) in [5.41, 5.74) is 4.18. The Labute approximate surface area is 106 Å². The third kappa shape index (κ3) is 1.18. The summed E-state index contributed by atoms with van der Waals surface area (Å²) in [4.78, 5) is 14.8. The Morgan fingerprint density at radius 2 is 2.28 bits per heavy atom. The topological polar surface area (TPSA) is 43.8 Å². The fourth-order valence-electron chi connectivity index (χ4n) is 3.92. The van der Waals surface area contributed by atoms with Gasteiger partial charge in [-0.15, -0.1) is 0 Å². The minimum atomic E-state index is -0.901. The summed E-state index contributed by atoms with van der Waals surface area (Å²) in [6.45, 7) is 1.13. The molecule has 3 heterocycles. The van der Waals surface area contributed by atoms with Gasteiger partial charge >= 0.3 is 6.09 Å². The fourth-order valence-corrected chi connectivity index (χ4v) is 3.92. The highest BCUT2D eigenvalue weighted by molar-refractivity contribution is 5.69. The van der Waals surface area contributed by atoms with Crippen LogP contribution in [0.2, 0.25) is 0 Å². The lowest BCUT2D eigenvalue weighted by molar-refractivity contribution is 0.174. The zero-order valence-electron chi connectivity index (χ0n) is 10.2. The van der Waals surface area contributed by atoms with Gasteiger partial charge in [0, 0.05) is 36.1 Å². The molecular formula is C14H16N2O2. The first kappa shape index (κ1) is 10.2. The maximum atomic E-state index is 11.1. The first-order chi connectivity index (χ1) is 8.75. The highest BCUT2D eigenvalue weighted by atomic mass is 16.4. The van der Waals surface area contributed by atoms with Crippen molar-refractivity contribution in [2.24, 2.45) is 5.92 Å². The Kier molecular flexibility index (Phi) is 1.93. The van der Waals surface area contributed by atoms with Crippen molar-refractivity contribution in [3.8, 4) is 0 Å². The van der Waals surface area contributed by atoms with Crippen molar-refractivity contribution in [2.45, 2.75) is 31.7 Å². The third-order valence-electron chi connectivity index (χ3n) is 4.63. The van der Waals surface area contributed by atoms with Crippen molar-refractivity contribution >= 4 is 6.09 Å². The van der Waals surface area contributed by atoms with Gasteiger partial charge in [-0.1, -0.05) is 0 Å². The normalized spacial score (nSPS) is 32.6. The molecule has 0 saturated carbocycles. The van der Waals surface area contributed by atoms with E-state index in [-0.39, 0.29) is 0 Å². The molecule has 1 saturated heterocycles. The summed E-state index contributed by atoms with van der Waals surface area (Å²) in [6, 6.07) is 0.300. The molecular weight excluding hydrogens is 228 g/mol. The molecule has 1 aliphatic carbocycles. The summed E-state index contributed by atoms with van der Waals surface area (Å²) in [5.74, 6) is 0.729. The first-order valence-corrected chi connectivity index (χ1v) is 6.67. The number of hydrogen-bond acceptors (Lipinski definition) is 2. The molecule has 1 fully saturated rings. The van der Waals surface area contributed by atoms with E-state index in [0.717, 1.165) is 18.9 Å². The standard InChI is InChI=1S/C14H16N2O2/c17-14(18)15-6-5-12-11(8-15)10-3-1-2-9-4-7-16(12)13(9)10/h5-6,8-9,12H,1-4,7H2,(H,17,18). The van der Waals surface area contributed by atoms with Crippen LogP contribution >= 0.6 is 0 Å². The van der Waals surface area contributed by atoms with Crippen LogP contribution in [0, 0.1) is 5.92 Å². The molecule has 0 radical (unpaired) electrons. The zero-order chi connectivity index (χ0) is 12.3. The van der Waals surface area contributed by atoms with Crippen molar-refractivity contribution < 1.29 is 9.90 Å². The Hall–Kier alpha value is -1.71. The van der Waals surface area contributed by atoms with Gasteiger partial charge in [-0.25, -0.2) is 4.79 Å². The predicted octanol–water partition coefficient (Wildman–Crippen LogP) is 2.52. The number of nitrogens with zero attached hydrogens (tertiary/aromatic N) is 2. The van der Waals surface area contributed by atoms with Crippen molar-refractivity contribution in [3.05, 3.63) is 35.3 Å². The summed E-state index contributed by atoms with van der Waals surface area (Å²) in [6.07, 6.45) is 9.58. The minimum absolute atomic E-state index is 0.300. The van der Waals surface area contributed by atoms with Gasteiger partial charge in [0.2, 0.25) is 0 Å². The smallest absolute Gasteiger partial charge is 0.415 e. The van der Waals surface area contributed by atoms with Crippen LogP contribution in [0.3, 0.4) is 0 Å². The molecule has 0 aromatic heterocycles. The Balaban J connectivity index is 1.80. The number of amides is 1. The second-order valence-corrected chi connectivity index (χ2v) is 5.50. The van der Waals surface area contributed by atoms with Crippen LogP contribution in [-0.2, 0) is 0 Å². The number of hydrogen-bond donors (Lipinski definition) is 1. The Morgan fingerprint density at radius 1 is 1.39 bits per heavy atom. The highest BCUT2D eigenvalue weighted by Gasteiger charge is 2.44. The Morgan fingerprint density at radius 3 is 3.11 bits per heavy atom. The van der Waals surface area contributed by atoms with Gasteiger partial charge in [-0.3, -0.25) is 4.90 Å². The van der Waals surface area contributed by atoms with E-state index < -0.39 is 6.09 Å². The molecule has 4 nitrogen and oxygen atoms in total. The van der Waals surface area contributed by atoms with Crippen LogP contribution in [0.4, 0.5) is 4.79 Å². The quantitative estimate of drug-likeness (QED) is 0.712. The molecule has 3 aliphatic heterocycles. The van der Waals surface area contributed by atoms with Crippen LogP contribution in [0.1, 0.15) is 25.7 Å². The van der Waals surface area contributed by atoms with E-state index in [4.69, 9.17) is 5.11 Å². The largest absolute Gasteiger partial charge is 0.464 e. The van der Waals surface area contributed by atoms with E-state index in [0.29, 0.717) is 6.04 Å². The highest BCUT2D eigenvalue weighted by Crippen LogP contribution is 2.50. The van der Waals surface area contributed by atoms with E-state index in [1.807, 2.05) is 12.3 Å². The summed E-state index contributed by atoms with van der Waals surface area (Å²) < 4.78 is 0. The van der Waals surface area contributed by atoms with Gasteiger partial charge in [-0.2, -0.15) is 0 Å². The van der Waals surface area contributed by atoms with Crippen LogP contribution in [0.5, 0.6) is 0 Å². The van der Waals surface area contributed by atoms with Crippen molar-refractivity contribution in [1.29, 1.82) is 0 Å². The number of rotatable bonds is 0. The van der Waals surface area contributed by atoms with Crippen molar-refractivity contribution in [3.63, 3.8) is 0 Å². The number of fused-ring (bicyclic) bond motifs is 3. The molecule has 0 bridgehead atoms. The van der Waals surface area contributed by atoms with Gasteiger partial charge < -0.3 is 10.0 Å². The van der Waals surface area contributed by atoms with E-state index in [1.54, 1.807) is 6.20 Å². The van der Waals surface area contributed by atoms with Crippen LogP contribution in [-0.4, -0.2) is 33.6 Å². The van der Waals surface area contributed by atoms with Crippen molar-refractivity contribution in [1.82, 2.24) is 9.80 Å². The summed E-state index contributed by atoms with van der Waals surface area (Å²) in [5, 5.41) is 9.09. The lowest BCUT2D eigenvalue weighted by Gasteiger charge is -2.26. The molecule has 2 atom stereocenters. The van der Waals surface area contributed by atoms with Gasteiger partial charge in [0.1, 0.15) is 0 Å². The first-order valence-electron chi connectivity index (χ1n) is 6.67. The number of allylic oxidation sites excluding steroid dienone is 1. The average Bonchev–Trinajstić information content (AvgIpc) is 2.94. The maximum absolute atomic E-state index is 11.1. The summed E-state index contributed by atoms with van der Waals surface area (Å²) >= 11 is 0. The Bertz CT molecular complexity index is 518. The molecule has 1 N–H and O–H groups in total. The molecule has 2 unspecified atom stereocenters. The molecule has 0 spiro atoms. The fraction of sp³-hybridized carbons (Fsp3) is 0.500. The van der Waals surface area contributed by atoms with Gasteiger partial charge in [0.05, 0.1) is 6.04 Å². The number of carboxylic acid groups (broad SMARTS) is 1. The van der Waals surface area contributed by atoms with Crippen LogP contribution in [0.15, 0.2) is 35.3 Å². The molecule has 18 heavy (non-hydrogen) atoms. The zero-order valence-corrected chi connectivity index (χ0v) is 10.2. The molecule has 4 rings (SSSR count). The third-order valence-corrected chi connectivity index (χ3v) is 4.63. The minimum Gasteiger partial charge on any atom is -0.464 e. The van der Waals surface area contributed by atoms with Gasteiger partial charge in [0.25, 0.3) is 0 Å². The van der Waals surface area contributed by atoms with E-state index in [1.165, 1.54) is 41.0 Å². The van der Waals surface area contributed by atoms with E-state index >= 15 is 0 Å². The maximum Gasteiger partial charge on any atom is 0.415 e. The van der Waals surface area contributed by atoms with E-state index in [9.17, 15) is 4.79 Å². The summed E-state index contributed by atoms with van der Waals surface area (Å²) in [7, 11) is 0. The second-order valence-electron chi connectivity index (χ2n) is 5.50. The van der Waals surface area contributed by atoms with Crippen LogP contribution < -0.4 is 0 Å².